The van der Waals surface area contributed by atoms with E-state index in [0.717, 1.165) is 50.9 Å². The number of nitrogens with zero attached hydrogens (tertiary/aromatic N) is 1. The molecule has 7 atom stereocenters. The molecule has 1 saturated heterocycles. The number of rotatable bonds is 3. The number of fused-ring (bicyclic) bond motifs is 5. The highest BCUT2D eigenvalue weighted by atomic mass is 19.3. The zero-order chi connectivity index (χ0) is 21.8. The second-order valence-corrected chi connectivity index (χ2v) is 10.8. The maximum absolute atomic E-state index is 14.3. The monoisotopic (exact) mass is 436 g/mol. The summed E-state index contributed by atoms with van der Waals surface area (Å²) in [6.45, 7) is 3.75. The van der Waals surface area contributed by atoms with E-state index in [1.807, 2.05) is 6.92 Å². The third-order valence-electron chi connectivity index (χ3n) is 9.64. The van der Waals surface area contributed by atoms with Gasteiger partial charge in [-0.15, -0.1) is 0 Å². The summed E-state index contributed by atoms with van der Waals surface area (Å²) in [4.78, 5) is 18.4. The van der Waals surface area contributed by atoms with E-state index < -0.39 is 11.5 Å². The number of nitrogens with one attached hydrogen (secondary N) is 1. The van der Waals surface area contributed by atoms with Crippen LogP contribution in [-0.4, -0.2) is 42.4 Å². The first-order valence-corrected chi connectivity index (χ1v) is 12.0. The second kappa shape index (κ2) is 7.91. The molecule has 1 heterocycles. The second-order valence-electron chi connectivity index (χ2n) is 10.8. The van der Waals surface area contributed by atoms with E-state index in [1.165, 1.54) is 0 Å². The van der Waals surface area contributed by atoms with Crippen LogP contribution in [-0.2, 0) is 9.63 Å². The number of aliphatic hydroxyl groups excluding tert-OH is 1. The van der Waals surface area contributed by atoms with Gasteiger partial charge in [0.25, 0.3) is 6.08 Å². The molecule has 5 aliphatic rings. The fraction of sp³-hybridized carbons (Fsp3) is 0.833. The van der Waals surface area contributed by atoms with Crippen LogP contribution in [0.5, 0.6) is 0 Å². The van der Waals surface area contributed by atoms with Crippen molar-refractivity contribution in [1.29, 1.82) is 0 Å². The molecule has 0 amide bonds. The molecule has 0 aromatic heterocycles. The molecule has 31 heavy (non-hydrogen) atoms. The van der Waals surface area contributed by atoms with Gasteiger partial charge >= 0.3 is 0 Å². The maximum atomic E-state index is 14.3. The summed E-state index contributed by atoms with van der Waals surface area (Å²) < 4.78 is 28.6. The van der Waals surface area contributed by atoms with Gasteiger partial charge in [0.2, 0.25) is 0 Å². The van der Waals surface area contributed by atoms with Gasteiger partial charge in [-0.2, -0.15) is 8.78 Å². The molecule has 4 aliphatic carbocycles. The van der Waals surface area contributed by atoms with Gasteiger partial charge < -0.3 is 15.3 Å². The van der Waals surface area contributed by atoms with Crippen LogP contribution in [0.25, 0.3) is 0 Å². The van der Waals surface area contributed by atoms with Crippen molar-refractivity contribution in [3.05, 3.63) is 11.7 Å². The Bertz CT molecular complexity index is 805. The Morgan fingerprint density at radius 3 is 2.74 bits per heavy atom. The molecule has 5 nitrogen and oxygen atoms in total. The molecule has 0 spiro atoms. The minimum atomic E-state index is -1.57. The average Bonchev–Trinajstić information content (AvgIpc) is 3.39. The topological polar surface area (TPSA) is 70.9 Å². The van der Waals surface area contributed by atoms with Crippen molar-refractivity contribution in [3.63, 3.8) is 0 Å². The number of halogens is 2. The van der Waals surface area contributed by atoms with Crippen LogP contribution in [0.15, 0.2) is 16.8 Å². The first kappa shape index (κ1) is 21.5. The van der Waals surface area contributed by atoms with Crippen LogP contribution in [0, 0.1) is 34.5 Å². The Morgan fingerprint density at radius 1 is 1.19 bits per heavy atom. The van der Waals surface area contributed by atoms with Crippen LogP contribution >= 0.6 is 0 Å². The van der Waals surface area contributed by atoms with E-state index in [9.17, 15) is 18.7 Å². The third-order valence-corrected chi connectivity index (χ3v) is 9.64. The Hall–Kier alpha value is -1.34. The van der Waals surface area contributed by atoms with Gasteiger partial charge in [0.1, 0.15) is 11.9 Å². The fourth-order valence-corrected chi connectivity index (χ4v) is 7.86. The molecule has 0 aromatic rings. The summed E-state index contributed by atoms with van der Waals surface area (Å²) in [6, 6.07) is 0. The van der Waals surface area contributed by atoms with Crippen molar-refractivity contribution in [1.82, 2.24) is 5.32 Å². The molecular weight excluding hydrogens is 402 g/mol. The van der Waals surface area contributed by atoms with E-state index in [-0.39, 0.29) is 53.2 Å². The zero-order valence-electron chi connectivity index (χ0n) is 18.3. The van der Waals surface area contributed by atoms with E-state index in [2.05, 4.69) is 10.5 Å². The van der Waals surface area contributed by atoms with Gasteiger partial charge in [0, 0.05) is 36.8 Å². The average molecular weight is 437 g/mol. The van der Waals surface area contributed by atoms with Crippen molar-refractivity contribution in [3.8, 4) is 0 Å². The largest absolute Gasteiger partial charge is 0.396 e. The van der Waals surface area contributed by atoms with Crippen molar-refractivity contribution < 1.29 is 23.5 Å². The number of carbonyl (C=O) groups excluding carboxylic acids is 1. The van der Waals surface area contributed by atoms with Crippen molar-refractivity contribution >= 4 is 11.5 Å². The zero-order valence-corrected chi connectivity index (χ0v) is 18.3. The lowest BCUT2D eigenvalue weighted by molar-refractivity contribution is -0.137. The minimum Gasteiger partial charge on any atom is -0.396 e. The molecule has 4 saturated carbocycles. The first-order chi connectivity index (χ1) is 14.9. The number of carbonyl (C=O) groups is 1. The van der Waals surface area contributed by atoms with Crippen LogP contribution in [0.3, 0.4) is 0 Å². The summed E-state index contributed by atoms with van der Waals surface area (Å²) >= 11 is 0. The van der Waals surface area contributed by atoms with Crippen molar-refractivity contribution in [2.45, 2.75) is 70.8 Å². The van der Waals surface area contributed by atoms with Gasteiger partial charge in [-0.25, -0.2) is 0 Å². The number of aliphatic hydroxyl groups is 1. The van der Waals surface area contributed by atoms with E-state index in [1.54, 1.807) is 0 Å². The van der Waals surface area contributed by atoms with Gasteiger partial charge in [-0.1, -0.05) is 12.1 Å². The number of hydrogen-bond acceptors (Lipinski definition) is 5. The Balaban J connectivity index is 1.44. The molecule has 0 aromatic carbocycles. The van der Waals surface area contributed by atoms with E-state index in [4.69, 9.17) is 4.84 Å². The normalized spacial score (nSPS) is 45.9. The highest BCUT2D eigenvalue weighted by Gasteiger charge is 2.63. The summed E-state index contributed by atoms with van der Waals surface area (Å²) in [7, 11) is 0. The smallest absolute Gasteiger partial charge is 0.269 e. The molecule has 2 N–H and O–H groups in total. The van der Waals surface area contributed by atoms with Gasteiger partial charge in [0.05, 0.1) is 5.71 Å². The third kappa shape index (κ3) is 3.29. The first-order valence-electron chi connectivity index (χ1n) is 12.0. The Morgan fingerprint density at radius 2 is 2.03 bits per heavy atom. The summed E-state index contributed by atoms with van der Waals surface area (Å²) in [6.07, 6.45) is 4.59. The van der Waals surface area contributed by atoms with Crippen LogP contribution < -0.4 is 5.32 Å². The minimum absolute atomic E-state index is 0.0122. The fourth-order valence-electron chi connectivity index (χ4n) is 7.86. The lowest BCUT2D eigenvalue weighted by atomic mass is 9.44. The molecule has 5 fully saturated rings. The van der Waals surface area contributed by atoms with Gasteiger partial charge in [-0.05, 0) is 80.7 Å². The predicted molar refractivity (Wildman–Crippen MR) is 113 cm³/mol. The number of Topliss-reactive ketones (excluding diaryl/α,β-unsaturated/α-hetero) is 1. The molecule has 0 radical (unpaired) electrons. The molecule has 0 bridgehead atoms. The van der Waals surface area contributed by atoms with Crippen LogP contribution in [0.2, 0.25) is 0 Å². The molecule has 5 rings (SSSR count). The maximum Gasteiger partial charge on any atom is 0.269 e. The summed E-state index contributed by atoms with van der Waals surface area (Å²) in [5.74, 6) is -0.0927. The summed E-state index contributed by atoms with van der Waals surface area (Å²) in [5.41, 5.74) is 0.363. The SMILES string of the molecule is CC12CCC3C(C(=C(F)F)CC4CC(=NOC5CCNC5)CCC43CO)C1CCC2=O. The van der Waals surface area contributed by atoms with Gasteiger partial charge in [0.15, 0.2) is 0 Å². The molecule has 172 valence electrons. The predicted octanol–water partition coefficient (Wildman–Crippen LogP) is 4.07. The Kier molecular flexibility index (Phi) is 5.48. The number of allylic oxidation sites excluding steroid dienone is 1. The molecule has 7 unspecified atom stereocenters. The molecule has 1 aliphatic heterocycles. The number of ketones is 1. The Labute approximate surface area is 182 Å². The molecule has 7 heteroatoms. The molecular formula is C24H34F2N2O3. The lowest BCUT2D eigenvalue weighted by Gasteiger charge is -2.60. The highest BCUT2D eigenvalue weighted by Crippen LogP contribution is 2.67. The highest BCUT2D eigenvalue weighted by molar-refractivity contribution is 5.87. The number of hydrogen-bond donors (Lipinski definition) is 2. The lowest BCUT2D eigenvalue weighted by Crippen LogP contribution is -2.57. The summed E-state index contributed by atoms with van der Waals surface area (Å²) in [5, 5.41) is 18.3. The van der Waals surface area contributed by atoms with Crippen molar-refractivity contribution in [2.75, 3.05) is 19.7 Å². The van der Waals surface area contributed by atoms with Crippen LogP contribution in [0.1, 0.15) is 64.7 Å². The van der Waals surface area contributed by atoms with Crippen LogP contribution in [0.4, 0.5) is 8.78 Å². The quantitative estimate of drug-likeness (QED) is 0.655. The standard InChI is InChI=1S/C24H34F2N2O3/c1-23-7-5-19-21(18(23)2-3-20(23)30)17(22(25)26)11-14-10-15(4-8-24(14,19)13-29)28-31-16-6-9-27-12-16/h14,16,18-19,21,27,29H,2-13H2,1H3. The van der Waals surface area contributed by atoms with Gasteiger partial charge in [-0.3, -0.25) is 4.79 Å². The van der Waals surface area contributed by atoms with Crippen molar-refractivity contribution in [2.24, 2.45) is 39.7 Å². The number of oxime groups is 1. The van der Waals surface area contributed by atoms with E-state index >= 15 is 0 Å². The van der Waals surface area contributed by atoms with E-state index in [0.29, 0.717) is 25.7 Å².